The molecular weight excluding hydrogens is 464 g/mol. The molecule has 0 amide bonds. The highest BCUT2D eigenvalue weighted by molar-refractivity contribution is 5.87. The van der Waals surface area contributed by atoms with E-state index in [1.807, 2.05) is 36.4 Å². The molecule has 38 heavy (non-hydrogen) atoms. The first-order valence-electron chi connectivity index (χ1n) is 12.8. The number of nitrogens with zero attached hydrogens (tertiary/aromatic N) is 2. The Balaban J connectivity index is 1.43. The fourth-order valence-corrected chi connectivity index (χ4v) is 4.89. The van der Waals surface area contributed by atoms with E-state index in [0.29, 0.717) is 6.61 Å². The third-order valence-corrected chi connectivity index (χ3v) is 6.75. The second-order valence-electron chi connectivity index (χ2n) is 9.27. The molecule has 0 unspecified atom stereocenters. The molecule has 6 rings (SSSR count). The monoisotopic (exact) mass is 492 g/mol. The zero-order chi connectivity index (χ0) is 25.7. The number of rotatable bonds is 7. The third kappa shape index (κ3) is 4.74. The molecule has 5 aromatic carbocycles. The predicted molar refractivity (Wildman–Crippen MR) is 156 cm³/mol. The van der Waals surface area contributed by atoms with Gasteiger partial charge in [-0.25, -0.2) is 4.98 Å². The molecule has 0 saturated heterocycles. The lowest BCUT2D eigenvalue weighted by Gasteiger charge is -2.13. The van der Waals surface area contributed by atoms with Gasteiger partial charge >= 0.3 is 0 Å². The Bertz CT molecular complexity index is 1660. The van der Waals surface area contributed by atoms with Crippen LogP contribution in [-0.2, 0) is 13.7 Å². The standard InChI is InChI=1S/C35H28N2O/c1-37-34(28-18-9-4-10-19-28)33(27-16-7-3-8-17-27)36-35(37)32-23-12-11-22-31(32)29-20-13-21-30(24-29)38-25-26-14-5-2-6-15-26/h2-24H,25H2,1H3. The highest BCUT2D eigenvalue weighted by Gasteiger charge is 2.21. The summed E-state index contributed by atoms with van der Waals surface area (Å²) in [5.74, 6) is 1.77. The molecular formula is C35H28N2O. The van der Waals surface area contributed by atoms with Crippen LogP contribution in [-0.4, -0.2) is 9.55 Å². The van der Waals surface area contributed by atoms with Crippen LogP contribution in [0.2, 0.25) is 0 Å². The molecule has 0 radical (unpaired) electrons. The highest BCUT2D eigenvalue weighted by atomic mass is 16.5. The summed E-state index contributed by atoms with van der Waals surface area (Å²) < 4.78 is 8.36. The van der Waals surface area contributed by atoms with Gasteiger partial charge in [0.05, 0.1) is 11.4 Å². The molecule has 0 atom stereocenters. The van der Waals surface area contributed by atoms with Crippen molar-refractivity contribution in [3.05, 3.63) is 145 Å². The molecule has 0 N–H and O–H groups in total. The molecule has 1 heterocycles. The van der Waals surface area contributed by atoms with Gasteiger partial charge in [0, 0.05) is 23.7 Å². The highest BCUT2D eigenvalue weighted by Crippen LogP contribution is 2.39. The first kappa shape index (κ1) is 23.5. The van der Waals surface area contributed by atoms with Gasteiger partial charge in [0.25, 0.3) is 0 Å². The van der Waals surface area contributed by atoms with Gasteiger partial charge in [0.15, 0.2) is 0 Å². The summed E-state index contributed by atoms with van der Waals surface area (Å²) in [4.78, 5) is 5.24. The number of hydrogen-bond acceptors (Lipinski definition) is 2. The maximum Gasteiger partial charge on any atom is 0.141 e. The van der Waals surface area contributed by atoms with Crippen LogP contribution in [0.4, 0.5) is 0 Å². The average Bonchev–Trinajstić information content (AvgIpc) is 3.34. The van der Waals surface area contributed by atoms with Crippen molar-refractivity contribution in [1.82, 2.24) is 9.55 Å². The number of hydrogen-bond donors (Lipinski definition) is 0. The minimum absolute atomic E-state index is 0.534. The molecule has 0 aliphatic heterocycles. The quantitative estimate of drug-likeness (QED) is 0.223. The van der Waals surface area contributed by atoms with E-state index in [2.05, 4.69) is 115 Å². The van der Waals surface area contributed by atoms with Crippen LogP contribution in [0.3, 0.4) is 0 Å². The van der Waals surface area contributed by atoms with Crippen molar-refractivity contribution in [1.29, 1.82) is 0 Å². The normalized spacial score (nSPS) is 10.9. The van der Waals surface area contributed by atoms with Gasteiger partial charge in [-0.2, -0.15) is 0 Å². The number of benzene rings is 5. The molecule has 0 saturated carbocycles. The van der Waals surface area contributed by atoms with Crippen LogP contribution < -0.4 is 4.74 Å². The zero-order valence-corrected chi connectivity index (χ0v) is 21.3. The Labute approximate surface area is 223 Å². The fraction of sp³-hybridized carbons (Fsp3) is 0.0571. The van der Waals surface area contributed by atoms with Crippen LogP contribution in [0, 0.1) is 0 Å². The van der Waals surface area contributed by atoms with E-state index in [1.165, 1.54) is 0 Å². The third-order valence-electron chi connectivity index (χ3n) is 6.75. The Morgan fingerprint density at radius 2 is 1.16 bits per heavy atom. The Morgan fingerprint density at radius 3 is 1.87 bits per heavy atom. The molecule has 0 fully saturated rings. The van der Waals surface area contributed by atoms with Crippen molar-refractivity contribution in [3.8, 4) is 50.8 Å². The van der Waals surface area contributed by atoms with E-state index in [-0.39, 0.29) is 0 Å². The van der Waals surface area contributed by atoms with Gasteiger partial charge in [-0.15, -0.1) is 0 Å². The summed E-state index contributed by atoms with van der Waals surface area (Å²) in [7, 11) is 2.10. The summed E-state index contributed by atoms with van der Waals surface area (Å²) >= 11 is 0. The molecule has 0 aliphatic rings. The lowest BCUT2D eigenvalue weighted by Crippen LogP contribution is -1.98. The van der Waals surface area contributed by atoms with Crippen molar-refractivity contribution in [3.63, 3.8) is 0 Å². The van der Waals surface area contributed by atoms with E-state index in [0.717, 1.165) is 56.3 Å². The molecule has 3 heteroatoms. The van der Waals surface area contributed by atoms with Crippen LogP contribution in [0.25, 0.3) is 45.0 Å². The zero-order valence-electron chi connectivity index (χ0n) is 21.3. The van der Waals surface area contributed by atoms with Crippen molar-refractivity contribution < 1.29 is 4.74 Å². The fourth-order valence-electron chi connectivity index (χ4n) is 4.89. The number of aromatic nitrogens is 2. The van der Waals surface area contributed by atoms with Gasteiger partial charge in [0.1, 0.15) is 18.2 Å². The predicted octanol–water partition coefficient (Wildman–Crippen LogP) is 8.67. The minimum atomic E-state index is 0.534. The van der Waals surface area contributed by atoms with Crippen molar-refractivity contribution in [2.75, 3.05) is 0 Å². The molecule has 184 valence electrons. The van der Waals surface area contributed by atoms with Crippen molar-refractivity contribution in [2.45, 2.75) is 6.61 Å². The topological polar surface area (TPSA) is 27.1 Å². The summed E-state index contributed by atoms with van der Waals surface area (Å²) in [6.45, 7) is 0.534. The molecule has 6 aromatic rings. The van der Waals surface area contributed by atoms with E-state index in [9.17, 15) is 0 Å². The molecule has 0 spiro atoms. The van der Waals surface area contributed by atoms with E-state index < -0.39 is 0 Å². The minimum Gasteiger partial charge on any atom is -0.489 e. The summed E-state index contributed by atoms with van der Waals surface area (Å²) in [5.41, 5.74) is 8.75. The van der Waals surface area contributed by atoms with Crippen molar-refractivity contribution >= 4 is 0 Å². The van der Waals surface area contributed by atoms with Gasteiger partial charge in [-0.3, -0.25) is 0 Å². The van der Waals surface area contributed by atoms with E-state index in [4.69, 9.17) is 9.72 Å². The lowest BCUT2D eigenvalue weighted by atomic mass is 9.99. The Hall–Kier alpha value is -4.89. The smallest absolute Gasteiger partial charge is 0.141 e. The van der Waals surface area contributed by atoms with E-state index in [1.54, 1.807) is 0 Å². The van der Waals surface area contributed by atoms with E-state index >= 15 is 0 Å². The van der Waals surface area contributed by atoms with Crippen LogP contribution in [0.15, 0.2) is 140 Å². The largest absolute Gasteiger partial charge is 0.489 e. The molecule has 3 nitrogen and oxygen atoms in total. The summed E-state index contributed by atoms with van der Waals surface area (Å²) in [6, 6.07) is 47.9. The van der Waals surface area contributed by atoms with Gasteiger partial charge in [-0.05, 0) is 28.8 Å². The van der Waals surface area contributed by atoms with Crippen molar-refractivity contribution in [2.24, 2.45) is 7.05 Å². The summed E-state index contributed by atoms with van der Waals surface area (Å²) in [6.07, 6.45) is 0. The molecule has 1 aromatic heterocycles. The van der Waals surface area contributed by atoms with Crippen LogP contribution in [0.1, 0.15) is 5.56 Å². The van der Waals surface area contributed by atoms with Crippen LogP contribution >= 0.6 is 0 Å². The average molecular weight is 493 g/mol. The summed E-state index contributed by atoms with van der Waals surface area (Å²) in [5, 5.41) is 0. The Kier molecular flexibility index (Phi) is 6.57. The lowest BCUT2D eigenvalue weighted by molar-refractivity contribution is 0.306. The second-order valence-corrected chi connectivity index (χ2v) is 9.27. The first-order chi connectivity index (χ1) is 18.8. The Morgan fingerprint density at radius 1 is 0.579 bits per heavy atom. The maximum atomic E-state index is 6.14. The molecule has 0 aliphatic carbocycles. The van der Waals surface area contributed by atoms with Gasteiger partial charge in [-0.1, -0.05) is 127 Å². The van der Waals surface area contributed by atoms with Gasteiger partial charge in [0.2, 0.25) is 0 Å². The van der Waals surface area contributed by atoms with Gasteiger partial charge < -0.3 is 9.30 Å². The maximum absolute atomic E-state index is 6.14. The van der Waals surface area contributed by atoms with Crippen LogP contribution in [0.5, 0.6) is 5.75 Å². The number of imidazole rings is 1. The SMILES string of the molecule is Cn1c(-c2ccccc2-c2cccc(OCc3ccccc3)c2)nc(-c2ccccc2)c1-c1ccccc1. The molecule has 0 bridgehead atoms. The second kappa shape index (κ2) is 10.6. The number of ether oxygens (including phenoxy) is 1. The first-order valence-corrected chi connectivity index (χ1v) is 12.8.